The average Bonchev–Trinajstić information content (AvgIpc) is 2.16. The largest absolute Gasteiger partial charge is 3.00 e. The molecule has 5 N–H and O–H groups in total. The summed E-state index contributed by atoms with van der Waals surface area (Å²) >= 11 is 0. The maximum absolute atomic E-state index is 9.00. The molecule has 0 bridgehead atoms. The Morgan fingerprint density at radius 2 is 0.619 bits per heavy atom. The quantitative estimate of drug-likeness (QED) is 0.142. The summed E-state index contributed by atoms with van der Waals surface area (Å²) in [5, 5.41) is 21.0. The van der Waals surface area contributed by atoms with Crippen LogP contribution in [-0.2, 0) is 27.7 Å². The average molecular weight is 493 g/mol. The predicted molar refractivity (Wildman–Crippen MR) is 49.1 cm³/mol. The van der Waals surface area contributed by atoms with Crippen LogP contribution in [0.15, 0.2) is 0 Å². The second-order valence-electron chi connectivity index (χ2n) is 1.59. The first-order valence-electron chi connectivity index (χ1n) is 2.74. The molecule has 0 aliphatic rings. The van der Waals surface area contributed by atoms with E-state index in [1.807, 2.05) is 0 Å². The molecule has 0 saturated heterocycles. The van der Waals surface area contributed by atoms with E-state index in [-0.39, 0.29) is 45.1 Å². The van der Waals surface area contributed by atoms with Crippen molar-refractivity contribution in [2.24, 2.45) is 0 Å². The minimum Gasteiger partial charge on any atom is -0.788 e. The SMILES string of the molecule is O.O=P([O-])([O-])OO.O=P([O-])([O-])OO.O=P([O-])([O-])OO.[Ga+3].[Ga+3]. The smallest absolute Gasteiger partial charge is 0.788 e. The fourth-order valence-electron chi connectivity index (χ4n) is 0. The Morgan fingerprint density at radius 3 is 0.619 bits per heavy atom. The normalized spacial score (nSPS) is 10.1. The van der Waals surface area contributed by atoms with Crippen molar-refractivity contribution in [3.05, 3.63) is 0 Å². The van der Waals surface area contributed by atoms with Crippen LogP contribution in [0.25, 0.3) is 0 Å². The van der Waals surface area contributed by atoms with E-state index in [9.17, 15) is 0 Å². The summed E-state index contributed by atoms with van der Waals surface area (Å²) in [6.07, 6.45) is 0. The minimum atomic E-state index is -5.09. The van der Waals surface area contributed by atoms with Crippen LogP contribution in [-0.4, -0.2) is 60.8 Å². The molecule has 0 fully saturated rings. The zero-order valence-electron chi connectivity index (χ0n) is 9.24. The Bertz CT molecular complexity index is 266. The first-order chi connectivity index (χ1) is 7.68. The van der Waals surface area contributed by atoms with Gasteiger partial charge in [0.15, 0.2) is 0 Å². The van der Waals surface area contributed by atoms with E-state index in [0.29, 0.717) is 0 Å². The molecule has 0 aliphatic heterocycles. The molecule has 0 aromatic rings. The summed E-state index contributed by atoms with van der Waals surface area (Å²) in [7, 11) is -15.3. The van der Waals surface area contributed by atoms with Gasteiger partial charge in [0, 0.05) is 0 Å². The van der Waals surface area contributed by atoms with Crippen LogP contribution in [0.3, 0.4) is 0 Å². The van der Waals surface area contributed by atoms with Crippen LogP contribution < -0.4 is 29.4 Å². The fourth-order valence-corrected chi connectivity index (χ4v) is 0. The van der Waals surface area contributed by atoms with Crippen LogP contribution in [0.2, 0.25) is 0 Å². The Hall–Kier alpha value is 1.44. The van der Waals surface area contributed by atoms with Crippen molar-refractivity contribution in [1.29, 1.82) is 0 Å². The molecule has 0 aliphatic carbocycles. The molecule has 0 radical (unpaired) electrons. The maximum Gasteiger partial charge on any atom is 3.00 e. The van der Waals surface area contributed by atoms with Gasteiger partial charge in [0.05, 0.1) is 23.5 Å². The van der Waals surface area contributed by atoms with Gasteiger partial charge in [-0.2, -0.15) is 0 Å². The van der Waals surface area contributed by atoms with Gasteiger partial charge in [-0.25, -0.2) is 29.8 Å². The molecule has 0 spiro atoms. The monoisotopic (exact) mass is 492 g/mol. The van der Waals surface area contributed by atoms with E-state index in [1.54, 1.807) is 0 Å². The van der Waals surface area contributed by atoms with Crippen molar-refractivity contribution in [3.63, 3.8) is 0 Å². The Labute approximate surface area is 141 Å². The molecule has 0 unspecified atom stereocenters. The van der Waals surface area contributed by atoms with E-state index < -0.39 is 23.5 Å². The molecule has 0 aromatic carbocycles. The molecule has 0 atom stereocenters. The Morgan fingerprint density at radius 1 is 0.571 bits per heavy atom. The molecule has 16 nitrogen and oxygen atoms in total. The molecule has 0 rings (SSSR count). The first-order valence-corrected chi connectivity index (χ1v) is 7.12. The molecule has 0 amide bonds. The third-order valence-corrected chi connectivity index (χ3v) is 0.900. The van der Waals surface area contributed by atoms with Crippen molar-refractivity contribution < 1.29 is 78.3 Å². The van der Waals surface area contributed by atoms with Crippen molar-refractivity contribution >= 4 is 63.0 Å². The molecule has 122 valence electrons. The van der Waals surface area contributed by atoms with Gasteiger partial charge < -0.3 is 48.5 Å². The minimum absolute atomic E-state index is 0. The van der Waals surface area contributed by atoms with Crippen LogP contribution in [0.5, 0.6) is 0 Å². The topological polar surface area (TPSA) is 309 Å². The van der Waals surface area contributed by atoms with Gasteiger partial charge >= 0.3 is 39.6 Å². The van der Waals surface area contributed by atoms with E-state index in [0.717, 1.165) is 0 Å². The Kier molecular flexibility index (Phi) is 32.3. The van der Waals surface area contributed by atoms with Gasteiger partial charge in [-0.1, -0.05) is 0 Å². The molecule has 0 saturated carbocycles. The molecule has 21 heteroatoms. The summed E-state index contributed by atoms with van der Waals surface area (Å²) in [5.41, 5.74) is 0. The van der Waals surface area contributed by atoms with Crippen molar-refractivity contribution in [2.45, 2.75) is 0 Å². The van der Waals surface area contributed by atoms with E-state index in [1.165, 1.54) is 0 Å². The van der Waals surface area contributed by atoms with Gasteiger partial charge in [0.1, 0.15) is 0 Å². The van der Waals surface area contributed by atoms with Gasteiger partial charge in [0.25, 0.3) is 0 Å². The van der Waals surface area contributed by atoms with Crippen molar-refractivity contribution in [1.82, 2.24) is 0 Å². The Balaban J connectivity index is -0.0000000375. The van der Waals surface area contributed by atoms with Gasteiger partial charge in [0.2, 0.25) is 0 Å². The number of hydrogen-bond acceptors (Lipinski definition) is 15. The summed E-state index contributed by atoms with van der Waals surface area (Å²) in [4.78, 5) is 54.0. The van der Waals surface area contributed by atoms with Crippen molar-refractivity contribution in [2.75, 3.05) is 0 Å². The standard InChI is InChI=1S/2Ga.3H3O5P.H2O/c;;3*1-5-6(2,3)4;/h;;3*1H,(H2,2,3,4);1H2/q2*+3;;;;/p-6. The van der Waals surface area contributed by atoms with E-state index >= 15 is 0 Å². The summed E-state index contributed by atoms with van der Waals surface area (Å²) < 4.78 is 34.1. The molecule has 0 heterocycles. The number of rotatable bonds is 3. The second kappa shape index (κ2) is 17.8. The van der Waals surface area contributed by atoms with Gasteiger partial charge in [-0.15, -0.1) is 0 Å². The van der Waals surface area contributed by atoms with Crippen LogP contribution >= 0.6 is 23.5 Å². The fraction of sp³-hybridized carbons (Fsp3) is 0. The van der Waals surface area contributed by atoms with Gasteiger partial charge in [-0.05, 0) is 0 Å². The van der Waals surface area contributed by atoms with Crippen LogP contribution in [0.1, 0.15) is 0 Å². The first kappa shape index (κ1) is 38.2. The number of hydrogen-bond donors (Lipinski definition) is 3. The van der Waals surface area contributed by atoms with E-state index in [4.69, 9.17) is 58.8 Å². The molecular weight excluding hydrogens is 488 g/mol. The molecule has 21 heavy (non-hydrogen) atoms. The maximum atomic E-state index is 9.00. The number of phosphoric acid groups is 3. The van der Waals surface area contributed by atoms with E-state index in [2.05, 4.69) is 14.0 Å². The van der Waals surface area contributed by atoms with Crippen LogP contribution in [0.4, 0.5) is 0 Å². The third kappa shape index (κ3) is 74.3. The second-order valence-corrected chi connectivity index (χ2v) is 4.76. The van der Waals surface area contributed by atoms with Crippen LogP contribution in [0, 0.1) is 0 Å². The zero-order valence-corrected chi connectivity index (χ0v) is 16.8. The molecule has 0 aromatic heterocycles. The molecular formula is H5Ga2O16P3. The summed E-state index contributed by atoms with van der Waals surface area (Å²) in [6, 6.07) is 0. The summed E-state index contributed by atoms with van der Waals surface area (Å²) in [6.45, 7) is 0. The van der Waals surface area contributed by atoms with Crippen molar-refractivity contribution in [3.8, 4) is 0 Å². The summed E-state index contributed by atoms with van der Waals surface area (Å²) in [5.74, 6) is 0. The van der Waals surface area contributed by atoms with Gasteiger partial charge in [-0.3, -0.25) is 0 Å². The third-order valence-electron chi connectivity index (χ3n) is 0.300. The predicted octanol–water partition coefficient (Wildman–Crippen LogP) is -6.67. The zero-order chi connectivity index (χ0) is 15.6.